The van der Waals surface area contributed by atoms with Crippen LogP contribution in [0.25, 0.3) is 0 Å². The predicted octanol–water partition coefficient (Wildman–Crippen LogP) is 3.57. The molecule has 0 saturated carbocycles. The van der Waals surface area contributed by atoms with Crippen LogP contribution in [0, 0.1) is 6.92 Å². The molecule has 1 N–H and O–H groups in total. The van der Waals surface area contributed by atoms with Crippen LogP contribution in [-0.4, -0.2) is 31.4 Å². The first-order valence-corrected chi connectivity index (χ1v) is 8.21. The van der Waals surface area contributed by atoms with Crippen molar-refractivity contribution in [3.8, 4) is 0 Å². The van der Waals surface area contributed by atoms with Crippen LogP contribution in [0.2, 0.25) is 0 Å². The highest BCUT2D eigenvalue weighted by Gasteiger charge is 2.28. The van der Waals surface area contributed by atoms with Gasteiger partial charge in [-0.1, -0.05) is 15.9 Å². The average Bonchev–Trinajstić information content (AvgIpc) is 2.29. The Morgan fingerprint density at radius 1 is 1.33 bits per heavy atom. The van der Waals surface area contributed by atoms with E-state index in [4.69, 9.17) is 5.11 Å². The van der Waals surface area contributed by atoms with Gasteiger partial charge in [0.15, 0.2) is 9.84 Å². The summed E-state index contributed by atoms with van der Waals surface area (Å²) in [5.74, 6) is -2.01. The van der Waals surface area contributed by atoms with Gasteiger partial charge in [0.25, 0.3) is 0 Å². The summed E-state index contributed by atoms with van der Waals surface area (Å²) in [5.41, 5.74) is 0.0221. The second-order valence-electron chi connectivity index (χ2n) is 4.42. The van der Waals surface area contributed by atoms with Gasteiger partial charge in [-0.05, 0) is 31.0 Å². The van der Waals surface area contributed by atoms with Gasteiger partial charge >= 0.3 is 12.1 Å². The molecule has 0 aliphatic rings. The summed E-state index contributed by atoms with van der Waals surface area (Å²) in [5, 5.41) is 8.91. The van der Waals surface area contributed by atoms with Gasteiger partial charge in [-0.25, -0.2) is 13.2 Å². The number of sulfone groups is 1. The van der Waals surface area contributed by atoms with Crippen molar-refractivity contribution in [1.82, 2.24) is 0 Å². The lowest BCUT2D eigenvalue weighted by Gasteiger charge is -2.11. The van der Waals surface area contributed by atoms with E-state index in [9.17, 15) is 26.4 Å². The number of alkyl halides is 3. The lowest BCUT2D eigenvalue weighted by molar-refractivity contribution is -0.134. The molecular formula is C12H12BrF3O4S. The Morgan fingerprint density at radius 2 is 1.90 bits per heavy atom. The minimum Gasteiger partial charge on any atom is -0.478 e. The van der Waals surface area contributed by atoms with Crippen molar-refractivity contribution in [3.05, 3.63) is 27.7 Å². The Labute approximate surface area is 128 Å². The smallest absolute Gasteiger partial charge is 0.389 e. The SMILES string of the molecule is Cc1c(Br)cc(C(=O)O)cc1S(=O)(=O)CCCC(F)(F)F. The predicted molar refractivity (Wildman–Crippen MR) is 73.2 cm³/mol. The summed E-state index contributed by atoms with van der Waals surface area (Å²) >= 11 is 3.05. The van der Waals surface area contributed by atoms with Gasteiger partial charge in [-0.15, -0.1) is 0 Å². The van der Waals surface area contributed by atoms with E-state index in [0.717, 1.165) is 6.07 Å². The number of carboxylic acid groups (broad SMARTS) is 1. The topological polar surface area (TPSA) is 71.4 Å². The van der Waals surface area contributed by atoms with Crippen molar-refractivity contribution in [3.63, 3.8) is 0 Å². The third-order valence-corrected chi connectivity index (χ3v) is 5.50. The van der Waals surface area contributed by atoms with Crippen molar-refractivity contribution in [2.24, 2.45) is 0 Å². The number of carbonyl (C=O) groups is 1. The molecule has 0 aromatic heterocycles. The van der Waals surface area contributed by atoms with Crippen LogP contribution in [0.3, 0.4) is 0 Å². The van der Waals surface area contributed by atoms with Crippen LogP contribution < -0.4 is 0 Å². The highest BCUT2D eigenvalue weighted by molar-refractivity contribution is 9.10. The Kier molecular flexibility index (Phi) is 5.43. The molecule has 0 spiro atoms. The average molecular weight is 389 g/mol. The molecule has 0 atom stereocenters. The molecule has 0 unspecified atom stereocenters. The largest absolute Gasteiger partial charge is 0.478 e. The fourth-order valence-electron chi connectivity index (χ4n) is 1.67. The zero-order chi connectivity index (χ0) is 16.4. The van der Waals surface area contributed by atoms with Crippen LogP contribution in [0.15, 0.2) is 21.5 Å². The maximum Gasteiger partial charge on any atom is 0.389 e. The van der Waals surface area contributed by atoms with E-state index in [2.05, 4.69) is 15.9 Å². The van der Waals surface area contributed by atoms with E-state index in [1.54, 1.807) is 0 Å². The highest BCUT2D eigenvalue weighted by Crippen LogP contribution is 2.28. The van der Waals surface area contributed by atoms with Crippen LogP contribution in [0.4, 0.5) is 13.2 Å². The number of halogens is 4. The molecule has 1 aromatic rings. The van der Waals surface area contributed by atoms with E-state index in [0.29, 0.717) is 0 Å². The summed E-state index contributed by atoms with van der Waals surface area (Å²) in [6.45, 7) is 1.45. The Morgan fingerprint density at radius 3 is 2.38 bits per heavy atom. The van der Waals surface area contributed by atoms with Crippen LogP contribution in [0.5, 0.6) is 0 Å². The summed E-state index contributed by atoms with van der Waals surface area (Å²) in [7, 11) is -3.99. The molecule has 0 amide bonds. The first-order valence-electron chi connectivity index (χ1n) is 5.77. The minimum atomic E-state index is -4.42. The van der Waals surface area contributed by atoms with Crippen molar-refractivity contribution >= 4 is 31.7 Å². The number of benzene rings is 1. The van der Waals surface area contributed by atoms with Crippen LogP contribution in [-0.2, 0) is 9.84 Å². The molecule has 0 radical (unpaired) electrons. The number of aromatic carboxylic acids is 1. The third-order valence-electron chi connectivity index (χ3n) is 2.75. The van der Waals surface area contributed by atoms with E-state index in [-0.39, 0.29) is 20.5 Å². The molecule has 0 aliphatic heterocycles. The standard InChI is InChI=1S/C12H12BrF3O4S/c1-7-9(13)5-8(11(17)18)6-10(7)21(19,20)4-2-3-12(14,15)16/h5-6H,2-4H2,1H3,(H,17,18). The fourth-order valence-corrected chi connectivity index (χ4v) is 3.89. The quantitative estimate of drug-likeness (QED) is 0.836. The zero-order valence-corrected chi connectivity index (χ0v) is 13.3. The molecule has 118 valence electrons. The number of carboxylic acids is 1. The molecule has 1 aromatic carbocycles. The van der Waals surface area contributed by atoms with E-state index in [1.807, 2.05) is 0 Å². The van der Waals surface area contributed by atoms with Gasteiger partial charge in [0.05, 0.1) is 16.2 Å². The molecule has 0 aliphatic carbocycles. The first kappa shape index (κ1) is 18.0. The molecular weight excluding hydrogens is 377 g/mol. The summed E-state index contributed by atoms with van der Waals surface area (Å²) in [6, 6.07) is 2.21. The molecule has 4 nitrogen and oxygen atoms in total. The molecule has 1 rings (SSSR count). The van der Waals surface area contributed by atoms with Gasteiger partial charge < -0.3 is 5.11 Å². The van der Waals surface area contributed by atoms with E-state index < -0.39 is 40.6 Å². The van der Waals surface area contributed by atoms with Crippen molar-refractivity contribution in [2.75, 3.05) is 5.75 Å². The fraction of sp³-hybridized carbons (Fsp3) is 0.417. The highest BCUT2D eigenvalue weighted by atomic mass is 79.9. The van der Waals surface area contributed by atoms with Gasteiger partial charge in [0.1, 0.15) is 0 Å². The Balaban J connectivity index is 3.11. The normalized spacial score (nSPS) is 12.4. The molecule has 0 heterocycles. The monoisotopic (exact) mass is 388 g/mol. The zero-order valence-electron chi connectivity index (χ0n) is 10.9. The summed E-state index contributed by atoms with van der Waals surface area (Å²) < 4.78 is 60.6. The Hall–Kier alpha value is -1.09. The third kappa shape index (κ3) is 4.99. The summed E-state index contributed by atoms with van der Waals surface area (Å²) in [4.78, 5) is 10.7. The van der Waals surface area contributed by atoms with Gasteiger partial charge in [-0.2, -0.15) is 13.2 Å². The molecule has 9 heteroatoms. The number of hydrogen-bond acceptors (Lipinski definition) is 3. The van der Waals surface area contributed by atoms with E-state index in [1.165, 1.54) is 13.0 Å². The number of rotatable bonds is 5. The molecule has 0 fully saturated rings. The van der Waals surface area contributed by atoms with Gasteiger partial charge in [-0.3, -0.25) is 0 Å². The van der Waals surface area contributed by atoms with E-state index >= 15 is 0 Å². The Bertz CT molecular complexity index is 653. The summed E-state index contributed by atoms with van der Waals surface area (Å²) in [6.07, 6.45) is -6.20. The lowest BCUT2D eigenvalue weighted by Crippen LogP contribution is -2.14. The van der Waals surface area contributed by atoms with Crippen molar-refractivity contribution < 1.29 is 31.5 Å². The molecule has 0 bridgehead atoms. The maximum atomic E-state index is 12.1. The van der Waals surface area contributed by atoms with Crippen molar-refractivity contribution in [1.29, 1.82) is 0 Å². The molecule has 0 saturated heterocycles. The minimum absolute atomic E-state index is 0.248. The lowest BCUT2D eigenvalue weighted by atomic mass is 10.1. The second kappa shape index (κ2) is 6.35. The van der Waals surface area contributed by atoms with Crippen LogP contribution >= 0.6 is 15.9 Å². The molecule has 21 heavy (non-hydrogen) atoms. The second-order valence-corrected chi connectivity index (χ2v) is 7.36. The van der Waals surface area contributed by atoms with Gasteiger partial charge in [0.2, 0.25) is 0 Å². The van der Waals surface area contributed by atoms with Crippen LogP contribution in [0.1, 0.15) is 28.8 Å². The first-order chi connectivity index (χ1) is 9.44. The number of hydrogen-bond donors (Lipinski definition) is 1. The van der Waals surface area contributed by atoms with Crippen molar-refractivity contribution in [2.45, 2.75) is 30.8 Å². The van der Waals surface area contributed by atoms with Gasteiger partial charge in [0, 0.05) is 10.9 Å². The maximum absolute atomic E-state index is 12.1.